The van der Waals surface area contributed by atoms with Crippen molar-refractivity contribution in [1.29, 1.82) is 0 Å². The fourth-order valence-corrected chi connectivity index (χ4v) is 3.97. The molecule has 0 bridgehead atoms. The van der Waals surface area contributed by atoms with Crippen molar-refractivity contribution in [2.75, 3.05) is 25.9 Å². The molecule has 1 fully saturated rings. The normalized spacial score (nSPS) is 22.6. The Labute approximate surface area is 122 Å². The second-order valence-electron chi connectivity index (χ2n) is 5.99. The molecule has 0 amide bonds. The molecule has 1 aromatic carbocycles. The lowest BCUT2D eigenvalue weighted by molar-refractivity contribution is 0.224. The van der Waals surface area contributed by atoms with Crippen molar-refractivity contribution < 1.29 is 8.42 Å². The Hall–Kier alpha value is -0.870. The summed E-state index contributed by atoms with van der Waals surface area (Å²) in [5.41, 5.74) is 1.36. The van der Waals surface area contributed by atoms with E-state index in [2.05, 4.69) is 36.1 Å². The van der Waals surface area contributed by atoms with Crippen LogP contribution in [0.5, 0.6) is 0 Å². The first kappa shape index (κ1) is 15.5. The number of likely N-dealkylation sites (tertiary alicyclic amines) is 1. The van der Waals surface area contributed by atoms with Crippen LogP contribution >= 0.6 is 0 Å². The number of benzene rings is 1. The third-order valence-corrected chi connectivity index (χ3v) is 5.91. The van der Waals surface area contributed by atoms with Gasteiger partial charge in [0.05, 0.1) is 5.25 Å². The smallest absolute Gasteiger partial charge is 0.151 e. The molecule has 0 N–H and O–H groups in total. The molecule has 2 atom stereocenters. The minimum atomic E-state index is -2.89. The molecule has 20 heavy (non-hydrogen) atoms. The van der Waals surface area contributed by atoms with Crippen LogP contribution < -0.4 is 0 Å². The molecule has 0 saturated carbocycles. The fourth-order valence-electron chi connectivity index (χ4n) is 2.89. The SMILES string of the molecule is CC(CCN1CCCC(S(C)(=O)=O)C1)c1ccccc1. The number of sulfone groups is 1. The Kier molecular flexibility index (Phi) is 5.22. The average Bonchev–Trinajstić information content (AvgIpc) is 2.45. The van der Waals surface area contributed by atoms with Gasteiger partial charge in [-0.05, 0) is 43.8 Å². The molecule has 2 rings (SSSR count). The van der Waals surface area contributed by atoms with Crippen LogP contribution in [0.2, 0.25) is 0 Å². The van der Waals surface area contributed by atoms with E-state index in [0.717, 1.165) is 32.4 Å². The minimum absolute atomic E-state index is 0.164. The lowest BCUT2D eigenvalue weighted by Crippen LogP contribution is -2.42. The highest BCUT2D eigenvalue weighted by atomic mass is 32.2. The zero-order chi connectivity index (χ0) is 14.6. The molecule has 112 valence electrons. The van der Waals surface area contributed by atoms with Crippen LogP contribution in [0.25, 0.3) is 0 Å². The largest absolute Gasteiger partial charge is 0.302 e. The summed E-state index contributed by atoms with van der Waals surface area (Å²) in [4.78, 5) is 2.31. The van der Waals surface area contributed by atoms with Crippen LogP contribution in [0.1, 0.15) is 37.7 Å². The zero-order valence-electron chi connectivity index (χ0n) is 12.5. The predicted octanol–water partition coefficient (Wildman–Crippen LogP) is 2.69. The number of hydrogen-bond acceptors (Lipinski definition) is 3. The highest BCUT2D eigenvalue weighted by Gasteiger charge is 2.27. The molecule has 3 nitrogen and oxygen atoms in total. The summed E-state index contributed by atoms with van der Waals surface area (Å²) in [5, 5.41) is -0.164. The first-order valence-electron chi connectivity index (χ1n) is 7.43. The van der Waals surface area contributed by atoms with E-state index in [1.165, 1.54) is 11.8 Å². The zero-order valence-corrected chi connectivity index (χ0v) is 13.3. The minimum Gasteiger partial charge on any atom is -0.302 e. The maximum absolute atomic E-state index is 11.7. The summed E-state index contributed by atoms with van der Waals surface area (Å²) in [6.45, 7) is 4.98. The van der Waals surface area contributed by atoms with Gasteiger partial charge < -0.3 is 4.90 Å². The maximum Gasteiger partial charge on any atom is 0.151 e. The van der Waals surface area contributed by atoms with Crippen molar-refractivity contribution in [3.8, 4) is 0 Å². The third kappa shape index (κ3) is 4.32. The molecule has 4 heteroatoms. The molecule has 0 spiro atoms. The quantitative estimate of drug-likeness (QED) is 0.838. The van der Waals surface area contributed by atoms with Crippen LogP contribution in [0.15, 0.2) is 30.3 Å². The lowest BCUT2D eigenvalue weighted by Gasteiger charge is -2.32. The van der Waals surface area contributed by atoms with E-state index < -0.39 is 9.84 Å². The lowest BCUT2D eigenvalue weighted by atomic mass is 9.97. The summed E-state index contributed by atoms with van der Waals surface area (Å²) in [7, 11) is -2.89. The molecular weight excluding hydrogens is 270 g/mol. The molecule has 2 unspecified atom stereocenters. The summed E-state index contributed by atoms with van der Waals surface area (Å²) >= 11 is 0. The van der Waals surface area contributed by atoms with Gasteiger partial charge in [-0.1, -0.05) is 37.3 Å². The van der Waals surface area contributed by atoms with Crippen molar-refractivity contribution >= 4 is 9.84 Å². The number of rotatable bonds is 5. The van der Waals surface area contributed by atoms with Crippen molar-refractivity contribution in [3.05, 3.63) is 35.9 Å². The molecule has 0 radical (unpaired) electrons. The number of piperidine rings is 1. The van der Waals surface area contributed by atoms with Gasteiger partial charge in [-0.15, -0.1) is 0 Å². The highest BCUT2D eigenvalue weighted by Crippen LogP contribution is 2.21. The van der Waals surface area contributed by atoms with Crippen LogP contribution in [0.3, 0.4) is 0 Å². The molecule has 1 aliphatic heterocycles. The Bertz CT molecular complexity index is 513. The van der Waals surface area contributed by atoms with Gasteiger partial charge in [-0.3, -0.25) is 0 Å². The van der Waals surface area contributed by atoms with E-state index in [4.69, 9.17) is 0 Å². The van der Waals surface area contributed by atoms with Crippen molar-refractivity contribution in [2.45, 2.75) is 37.4 Å². The molecule has 1 saturated heterocycles. The van der Waals surface area contributed by atoms with Gasteiger partial charge in [0.2, 0.25) is 0 Å². The van der Waals surface area contributed by atoms with Gasteiger partial charge in [0.25, 0.3) is 0 Å². The first-order chi connectivity index (χ1) is 9.47. The van der Waals surface area contributed by atoms with Gasteiger partial charge in [0.15, 0.2) is 9.84 Å². The summed E-state index contributed by atoms with van der Waals surface area (Å²) in [6, 6.07) is 10.5. The second kappa shape index (κ2) is 6.72. The Morgan fingerprint density at radius 1 is 1.30 bits per heavy atom. The standard InChI is InChI=1S/C16H25NO2S/c1-14(15-7-4-3-5-8-15)10-12-17-11-6-9-16(13-17)20(2,18)19/h3-5,7-8,14,16H,6,9-13H2,1-2H3. The summed E-state index contributed by atoms with van der Waals surface area (Å²) < 4.78 is 23.3. The van der Waals surface area contributed by atoms with Gasteiger partial charge in [0.1, 0.15) is 0 Å². The van der Waals surface area contributed by atoms with E-state index in [-0.39, 0.29) is 5.25 Å². The monoisotopic (exact) mass is 295 g/mol. The fraction of sp³-hybridized carbons (Fsp3) is 0.625. The second-order valence-corrected chi connectivity index (χ2v) is 8.32. The summed E-state index contributed by atoms with van der Waals surface area (Å²) in [5.74, 6) is 0.523. The van der Waals surface area contributed by atoms with Crippen LogP contribution in [0, 0.1) is 0 Å². The molecule has 1 aliphatic rings. The first-order valence-corrected chi connectivity index (χ1v) is 9.38. The third-order valence-electron chi connectivity index (χ3n) is 4.31. The summed E-state index contributed by atoms with van der Waals surface area (Å²) in [6.07, 6.45) is 4.27. The molecular formula is C16H25NO2S. The van der Waals surface area contributed by atoms with E-state index >= 15 is 0 Å². The number of hydrogen-bond donors (Lipinski definition) is 0. The van der Waals surface area contributed by atoms with Gasteiger partial charge in [0, 0.05) is 12.8 Å². The molecule has 0 aromatic heterocycles. The Balaban J connectivity index is 1.85. The molecule has 0 aliphatic carbocycles. The highest BCUT2D eigenvalue weighted by molar-refractivity contribution is 7.91. The average molecular weight is 295 g/mol. The van der Waals surface area contributed by atoms with E-state index in [9.17, 15) is 8.42 Å². The Morgan fingerprint density at radius 2 is 2.00 bits per heavy atom. The van der Waals surface area contributed by atoms with Crippen molar-refractivity contribution in [2.24, 2.45) is 0 Å². The maximum atomic E-state index is 11.7. The topological polar surface area (TPSA) is 37.4 Å². The van der Waals surface area contributed by atoms with Crippen molar-refractivity contribution in [1.82, 2.24) is 4.90 Å². The van der Waals surface area contributed by atoms with Crippen molar-refractivity contribution in [3.63, 3.8) is 0 Å². The van der Waals surface area contributed by atoms with Gasteiger partial charge >= 0.3 is 0 Å². The van der Waals surface area contributed by atoms with Crippen LogP contribution in [-0.2, 0) is 9.84 Å². The van der Waals surface area contributed by atoms with E-state index in [1.54, 1.807) is 0 Å². The van der Waals surface area contributed by atoms with Gasteiger partial charge in [-0.2, -0.15) is 0 Å². The molecule has 1 heterocycles. The molecule has 1 aromatic rings. The predicted molar refractivity (Wildman–Crippen MR) is 83.8 cm³/mol. The Morgan fingerprint density at radius 3 is 2.65 bits per heavy atom. The van der Waals surface area contributed by atoms with Crippen LogP contribution in [0.4, 0.5) is 0 Å². The number of nitrogens with zero attached hydrogens (tertiary/aromatic N) is 1. The van der Waals surface area contributed by atoms with Gasteiger partial charge in [-0.25, -0.2) is 8.42 Å². The van der Waals surface area contributed by atoms with Crippen LogP contribution in [-0.4, -0.2) is 44.5 Å². The van der Waals surface area contributed by atoms with E-state index in [1.807, 2.05) is 6.07 Å². The van der Waals surface area contributed by atoms with E-state index in [0.29, 0.717) is 12.5 Å².